The van der Waals surface area contributed by atoms with E-state index in [0.29, 0.717) is 5.88 Å². The van der Waals surface area contributed by atoms with E-state index in [1.165, 1.54) is 0 Å². The summed E-state index contributed by atoms with van der Waals surface area (Å²) >= 11 is 11.5. The second-order valence-electron chi connectivity index (χ2n) is 4.13. The first kappa shape index (κ1) is 16.6. The second-order valence-corrected chi connectivity index (χ2v) is 4.86. The molecule has 0 aliphatic rings. The monoisotopic (exact) mass is 304 g/mol. The molecule has 0 fully saturated rings. The molecule has 20 heavy (non-hydrogen) atoms. The molecule has 2 rings (SSSR count). The Bertz CT molecular complexity index is 515. The fourth-order valence-corrected chi connectivity index (χ4v) is 1.84. The highest BCUT2D eigenvalue weighted by Gasteiger charge is 1.98. The van der Waals surface area contributed by atoms with Crippen LogP contribution < -0.4 is 0 Å². The molecule has 0 heterocycles. The van der Waals surface area contributed by atoms with Crippen molar-refractivity contribution in [3.8, 4) is 0 Å². The molecule has 0 aliphatic heterocycles. The number of hydrogen-bond donors (Lipinski definition) is 0. The lowest BCUT2D eigenvalue weighted by atomic mass is 10.1. The highest BCUT2D eigenvalue weighted by Crippen LogP contribution is 2.19. The predicted octanol–water partition coefficient (Wildman–Crippen LogP) is 6.22. The summed E-state index contributed by atoms with van der Waals surface area (Å²) in [5, 5.41) is -0.0544. The fourth-order valence-electron chi connectivity index (χ4n) is 1.52. The van der Waals surface area contributed by atoms with Crippen molar-refractivity contribution in [2.45, 2.75) is 11.3 Å². The lowest BCUT2D eigenvalue weighted by Gasteiger charge is -2.01. The third-order valence-corrected chi connectivity index (χ3v) is 3.43. The van der Waals surface area contributed by atoms with Gasteiger partial charge in [0.25, 0.3) is 0 Å². The Hall–Kier alpha value is -1.50. The summed E-state index contributed by atoms with van der Waals surface area (Å²) in [6.45, 7) is 7.26. The van der Waals surface area contributed by atoms with E-state index in [2.05, 4.69) is 13.2 Å². The quantitative estimate of drug-likeness (QED) is 0.464. The van der Waals surface area contributed by atoms with Crippen molar-refractivity contribution in [1.82, 2.24) is 0 Å². The first-order valence-corrected chi connectivity index (χ1v) is 7.27. The van der Waals surface area contributed by atoms with Gasteiger partial charge in [-0.05, 0) is 16.7 Å². The molecule has 2 aromatic rings. The molecule has 1 unspecified atom stereocenters. The van der Waals surface area contributed by atoms with E-state index in [1.54, 1.807) is 6.08 Å². The van der Waals surface area contributed by atoms with E-state index in [4.69, 9.17) is 23.2 Å². The van der Waals surface area contributed by atoms with Crippen LogP contribution in [0.1, 0.15) is 22.1 Å². The molecule has 0 N–H and O–H groups in total. The van der Waals surface area contributed by atoms with Crippen molar-refractivity contribution < 1.29 is 0 Å². The third kappa shape index (κ3) is 5.64. The van der Waals surface area contributed by atoms with Crippen LogP contribution >= 0.6 is 23.2 Å². The largest absolute Gasteiger partial charge is 0.122 e. The lowest BCUT2D eigenvalue weighted by molar-refractivity contribution is 1.22. The summed E-state index contributed by atoms with van der Waals surface area (Å²) in [6, 6.07) is 17.9. The number of allylic oxidation sites excluding steroid dienone is 1. The first-order chi connectivity index (χ1) is 9.71. The van der Waals surface area contributed by atoms with Gasteiger partial charge in [-0.25, -0.2) is 0 Å². The average molecular weight is 305 g/mol. The Kier molecular flexibility index (Phi) is 7.79. The van der Waals surface area contributed by atoms with Crippen molar-refractivity contribution in [3.63, 3.8) is 0 Å². The lowest BCUT2D eigenvalue weighted by Crippen LogP contribution is -1.82. The van der Waals surface area contributed by atoms with E-state index in [1.807, 2.05) is 60.7 Å². The highest BCUT2D eigenvalue weighted by atomic mass is 35.5. The van der Waals surface area contributed by atoms with Crippen LogP contribution in [0.25, 0.3) is 6.08 Å². The Labute approximate surface area is 131 Å². The molecule has 1 atom stereocenters. The minimum atomic E-state index is -0.0544. The maximum absolute atomic E-state index is 5.87. The van der Waals surface area contributed by atoms with Crippen molar-refractivity contribution in [1.29, 1.82) is 0 Å². The smallest absolute Gasteiger partial charge is 0.0763 e. The summed E-state index contributed by atoms with van der Waals surface area (Å²) in [5.74, 6) is 0.581. The Balaban J connectivity index is 0.000000200. The summed E-state index contributed by atoms with van der Waals surface area (Å²) in [5.41, 5.74) is 3.38. The van der Waals surface area contributed by atoms with Crippen LogP contribution in [0.4, 0.5) is 0 Å². The number of hydrogen-bond acceptors (Lipinski definition) is 0. The van der Waals surface area contributed by atoms with Gasteiger partial charge in [-0.1, -0.05) is 73.3 Å². The molecule has 0 spiro atoms. The number of halogens is 2. The molecule has 2 aromatic carbocycles. The molecule has 0 saturated carbocycles. The van der Waals surface area contributed by atoms with Crippen LogP contribution in [0.2, 0.25) is 0 Å². The van der Waals surface area contributed by atoms with Crippen LogP contribution in [0, 0.1) is 0 Å². The maximum Gasteiger partial charge on any atom is 0.0763 e. The van der Waals surface area contributed by atoms with Gasteiger partial charge in [0, 0.05) is 5.88 Å². The zero-order valence-corrected chi connectivity index (χ0v) is 12.8. The SMILES string of the molecule is C=CC(Cl)c1ccccc1.C=Cc1ccc(CCl)cc1. The zero-order chi connectivity index (χ0) is 14.8. The summed E-state index contributed by atoms with van der Waals surface area (Å²) < 4.78 is 0. The van der Waals surface area contributed by atoms with Crippen LogP contribution in [-0.2, 0) is 5.88 Å². The van der Waals surface area contributed by atoms with Gasteiger partial charge in [0.15, 0.2) is 0 Å². The maximum atomic E-state index is 5.87. The zero-order valence-electron chi connectivity index (χ0n) is 11.3. The molecular formula is C18H18Cl2. The van der Waals surface area contributed by atoms with Gasteiger partial charge < -0.3 is 0 Å². The van der Waals surface area contributed by atoms with Gasteiger partial charge in [-0.2, -0.15) is 0 Å². The summed E-state index contributed by atoms with van der Waals surface area (Å²) in [6.07, 6.45) is 3.54. The van der Waals surface area contributed by atoms with E-state index < -0.39 is 0 Å². The summed E-state index contributed by atoms with van der Waals surface area (Å²) in [7, 11) is 0. The Morgan fingerprint density at radius 3 is 2.00 bits per heavy atom. The second kappa shape index (κ2) is 9.41. The van der Waals surface area contributed by atoms with Gasteiger partial charge in [0.05, 0.1) is 5.38 Å². The fraction of sp³-hybridized carbons (Fsp3) is 0.111. The van der Waals surface area contributed by atoms with Crippen molar-refractivity contribution in [2.24, 2.45) is 0 Å². The van der Waals surface area contributed by atoms with Crippen LogP contribution in [0.3, 0.4) is 0 Å². The number of rotatable bonds is 4. The standard InChI is InChI=1S/2C9H9Cl/c1-2-8-3-5-9(7-10)6-4-8;1-2-9(10)8-6-4-3-5-7-8/h2-6H,1,7H2;2-7,9H,1H2. The molecule has 104 valence electrons. The minimum absolute atomic E-state index is 0.0544. The van der Waals surface area contributed by atoms with E-state index in [9.17, 15) is 0 Å². The Morgan fingerprint density at radius 1 is 0.950 bits per heavy atom. The molecule has 0 aliphatic carbocycles. The van der Waals surface area contributed by atoms with Gasteiger partial charge in [0.2, 0.25) is 0 Å². The topological polar surface area (TPSA) is 0 Å². The highest BCUT2D eigenvalue weighted by molar-refractivity contribution is 6.21. The average Bonchev–Trinajstić information content (AvgIpc) is 2.55. The van der Waals surface area contributed by atoms with Crippen molar-refractivity contribution in [2.75, 3.05) is 0 Å². The van der Waals surface area contributed by atoms with Crippen molar-refractivity contribution >= 4 is 29.3 Å². The first-order valence-electron chi connectivity index (χ1n) is 6.30. The molecule has 0 bridgehead atoms. The third-order valence-electron chi connectivity index (χ3n) is 2.69. The Morgan fingerprint density at radius 2 is 1.55 bits per heavy atom. The molecular weight excluding hydrogens is 287 g/mol. The molecule has 0 nitrogen and oxygen atoms in total. The van der Waals surface area contributed by atoms with Crippen LogP contribution in [0.5, 0.6) is 0 Å². The summed E-state index contributed by atoms with van der Waals surface area (Å²) in [4.78, 5) is 0. The minimum Gasteiger partial charge on any atom is -0.122 e. The normalized spacial score (nSPS) is 10.9. The van der Waals surface area contributed by atoms with Gasteiger partial charge in [0.1, 0.15) is 0 Å². The molecule has 0 radical (unpaired) electrons. The van der Waals surface area contributed by atoms with E-state index >= 15 is 0 Å². The number of alkyl halides is 2. The van der Waals surface area contributed by atoms with E-state index in [-0.39, 0.29) is 5.38 Å². The van der Waals surface area contributed by atoms with Crippen LogP contribution in [0.15, 0.2) is 73.8 Å². The van der Waals surface area contributed by atoms with E-state index in [0.717, 1.165) is 16.7 Å². The van der Waals surface area contributed by atoms with Crippen LogP contribution in [-0.4, -0.2) is 0 Å². The van der Waals surface area contributed by atoms with Crippen molar-refractivity contribution in [3.05, 3.63) is 90.5 Å². The van der Waals surface area contributed by atoms with Gasteiger partial charge in [-0.15, -0.1) is 29.8 Å². The molecule has 2 heteroatoms. The predicted molar refractivity (Wildman–Crippen MR) is 91.3 cm³/mol. The molecule has 0 amide bonds. The number of benzene rings is 2. The van der Waals surface area contributed by atoms with Gasteiger partial charge in [-0.3, -0.25) is 0 Å². The molecule has 0 saturated heterocycles. The van der Waals surface area contributed by atoms with Gasteiger partial charge >= 0.3 is 0 Å². The molecule has 0 aromatic heterocycles.